The van der Waals surface area contributed by atoms with Crippen LogP contribution < -0.4 is 10.6 Å². The summed E-state index contributed by atoms with van der Waals surface area (Å²) in [6.45, 7) is 8.07. The first-order valence-electron chi connectivity index (χ1n) is 8.22. The Kier molecular flexibility index (Phi) is 9.27. The van der Waals surface area contributed by atoms with Gasteiger partial charge in [-0.3, -0.25) is 4.99 Å². The van der Waals surface area contributed by atoms with E-state index in [2.05, 4.69) is 45.9 Å². The lowest BCUT2D eigenvalue weighted by Gasteiger charge is -2.19. The monoisotopic (exact) mass is 475 g/mol. The van der Waals surface area contributed by atoms with Gasteiger partial charge in [0.05, 0.1) is 12.6 Å². The summed E-state index contributed by atoms with van der Waals surface area (Å²) < 4.78 is 2.17. The minimum atomic E-state index is 0. The molecule has 0 aliphatic carbocycles. The minimum absolute atomic E-state index is 0. The average molecular weight is 476 g/mol. The number of hydrogen-bond donors (Lipinski definition) is 2. The lowest BCUT2D eigenvalue weighted by molar-refractivity contribution is 0.503. The summed E-state index contributed by atoms with van der Waals surface area (Å²) in [7, 11) is 1.76. The molecule has 2 rings (SSSR count). The van der Waals surface area contributed by atoms with Gasteiger partial charge < -0.3 is 15.2 Å². The van der Waals surface area contributed by atoms with Gasteiger partial charge >= 0.3 is 0 Å². The van der Waals surface area contributed by atoms with Crippen LogP contribution in [0.4, 0.5) is 0 Å². The molecule has 1 heterocycles. The molecule has 0 bridgehead atoms. The molecule has 0 fully saturated rings. The van der Waals surface area contributed by atoms with Gasteiger partial charge in [-0.2, -0.15) is 0 Å². The molecule has 1 atom stereocenters. The molecular formula is C18H27ClIN5. The average Bonchev–Trinajstić information content (AvgIpc) is 2.97. The fourth-order valence-electron chi connectivity index (χ4n) is 2.49. The number of guanidine groups is 1. The Morgan fingerprint density at radius 2 is 2.08 bits per heavy atom. The zero-order valence-corrected chi connectivity index (χ0v) is 18.2. The third kappa shape index (κ3) is 6.86. The molecule has 1 aromatic carbocycles. The molecule has 0 saturated carbocycles. The van der Waals surface area contributed by atoms with E-state index in [0.717, 1.165) is 28.9 Å². The smallest absolute Gasteiger partial charge is 0.191 e. The van der Waals surface area contributed by atoms with Crippen LogP contribution in [0.25, 0.3) is 0 Å². The zero-order chi connectivity index (χ0) is 17.5. The van der Waals surface area contributed by atoms with E-state index in [4.69, 9.17) is 11.6 Å². The molecule has 0 amide bonds. The van der Waals surface area contributed by atoms with E-state index in [1.807, 2.05) is 36.7 Å². The topological polar surface area (TPSA) is 54.2 Å². The second kappa shape index (κ2) is 10.7. The first-order chi connectivity index (χ1) is 11.5. The highest BCUT2D eigenvalue weighted by Gasteiger charge is 2.10. The maximum atomic E-state index is 6.06. The Morgan fingerprint density at radius 1 is 1.32 bits per heavy atom. The number of hydrogen-bond acceptors (Lipinski definition) is 2. The standard InChI is InChI=1S/C18H26ClN5.HI/c1-13(2)12-24-9-8-21-17(24)11-22-18(20-4)23-14(3)15-6-5-7-16(19)10-15;/h5-10,13-14H,11-12H2,1-4H3,(H2,20,22,23);1H. The summed E-state index contributed by atoms with van der Waals surface area (Å²) in [4.78, 5) is 8.72. The van der Waals surface area contributed by atoms with Crippen molar-refractivity contribution >= 4 is 41.5 Å². The highest BCUT2D eigenvalue weighted by molar-refractivity contribution is 14.0. The van der Waals surface area contributed by atoms with Crippen molar-refractivity contribution in [3.8, 4) is 0 Å². The fraction of sp³-hybridized carbons (Fsp3) is 0.444. The first-order valence-corrected chi connectivity index (χ1v) is 8.60. The van der Waals surface area contributed by atoms with Crippen molar-refractivity contribution in [1.29, 1.82) is 0 Å². The molecule has 0 spiro atoms. The fourth-order valence-corrected chi connectivity index (χ4v) is 2.69. The predicted octanol–water partition coefficient (Wildman–Crippen LogP) is 4.24. The van der Waals surface area contributed by atoms with Crippen LogP contribution >= 0.6 is 35.6 Å². The number of nitrogens with zero attached hydrogens (tertiary/aromatic N) is 3. The molecule has 2 N–H and O–H groups in total. The number of halogens is 2. The normalized spacial score (nSPS) is 12.6. The van der Waals surface area contributed by atoms with Crippen LogP contribution in [0.3, 0.4) is 0 Å². The maximum absolute atomic E-state index is 6.06. The molecule has 0 aliphatic rings. The Morgan fingerprint density at radius 3 is 2.72 bits per heavy atom. The first kappa shape index (κ1) is 21.8. The summed E-state index contributed by atoms with van der Waals surface area (Å²) in [5.41, 5.74) is 1.12. The van der Waals surface area contributed by atoms with Gasteiger partial charge in [0.25, 0.3) is 0 Å². The van der Waals surface area contributed by atoms with E-state index in [9.17, 15) is 0 Å². The SMILES string of the molecule is CN=C(NCc1nccn1CC(C)C)NC(C)c1cccc(Cl)c1.I. The molecular weight excluding hydrogens is 449 g/mol. The van der Waals surface area contributed by atoms with E-state index in [1.54, 1.807) is 7.05 Å². The van der Waals surface area contributed by atoms with Crippen LogP contribution in [0.1, 0.15) is 38.2 Å². The van der Waals surface area contributed by atoms with Crippen molar-refractivity contribution < 1.29 is 0 Å². The van der Waals surface area contributed by atoms with Gasteiger partial charge in [-0.1, -0.05) is 37.6 Å². The van der Waals surface area contributed by atoms with Crippen LogP contribution in [0.2, 0.25) is 5.02 Å². The van der Waals surface area contributed by atoms with Gasteiger partial charge in [-0.25, -0.2) is 4.98 Å². The van der Waals surface area contributed by atoms with Gasteiger partial charge in [-0.15, -0.1) is 24.0 Å². The quantitative estimate of drug-likeness (QED) is 0.373. The summed E-state index contributed by atoms with van der Waals surface area (Å²) in [6, 6.07) is 7.94. The number of aliphatic imine (C=N–C) groups is 1. The van der Waals surface area contributed by atoms with E-state index < -0.39 is 0 Å². The Bertz CT molecular complexity index is 684. The van der Waals surface area contributed by atoms with Gasteiger partial charge in [0.1, 0.15) is 5.82 Å². The highest BCUT2D eigenvalue weighted by atomic mass is 127. The van der Waals surface area contributed by atoms with Crippen molar-refractivity contribution in [1.82, 2.24) is 20.2 Å². The van der Waals surface area contributed by atoms with Crippen molar-refractivity contribution in [2.45, 2.75) is 39.9 Å². The molecule has 2 aromatic rings. The van der Waals surface area contributed by atoms with Gasteiger partial charge in [0, 0.05) is 31.0 Å². The molecule has 1 aromatic heterocycles. The molecule has 0 saturated heterocycles. The molecule has 0 aliphatic heterocycles. The van der Waals surface area contributed by atoms with Crippen molar-refractivity contribution in [2.24, 2.45) is 10.9 Å². The van der Waals surface area contributed by atoms with Crippen LogP contribution in [0.5, 0.6) is 0 Å². The van der Waals surface area contributed by atoms with E-state index in [-0.39, 0.29) is 30.0 Å². The van der Waals surface area contributed by atoms with Crippen molar-refractivity contribution in [3.05, 3.63) is 53.1 Å². The number of imidazole rings is 1. The summed E-state index contributed by atoms with van der Waals surface area (Å²) in [5, 5.41) is 7.44. The van der Waals surface area contributed by atoms with E-state index in [1.165, 1.54) is 0 Å². The number of benzene rings is 1. The highest BCUT2D eigenvalue weighted by Crippen LogP contribution is 2.17. The van der Waals surface area contributed by atoms with E-state index >= 15 is 0 Å². The van der Waals surface area contributed by atoms with Crippen LogP contribution in [-0.2, 0) is 13.1 Å². The van der Waals surface area contributed by atoms with Gasteiger partial charge in [-0.05, 0) is 30.5 Å². The number of aromatic nitrogens is 2. The zero-order valence-electron chi connectivity index (χ0n) is 15.2. The van der Waals surface area contributed by atoms with Crippen LogP contribution in [-0.4, -0.2) is 22.6 Å². The summed E-state index contributed by atoms with van der Waals surface area (Å²) in [6.07, 6.45) is 3.85. The van der Waals surface area contributed by atoms with Crippen LogP contribution in [0, 0.1) is 5.92 Å². The Balaban J connectivity index is 0.00000312. The third-order valence-electron chi connectivity index (χ3n) is 3.70. The van der Waals surface area contributed by atoms with Crippen molar-refractivity contribution in [3.63, 3.8) is 0 Å². The second-order valence-electron chi connectivity index (χ2n) is 6.24. The maximum Gasteiger partial charge on any atom is 0.191 e. The van der Waals surface area contributed by atoms with Crippen molar-refractivity contribution in [2.75, 3.05) is 7.05 Å². The third-order valence-corrected chi connectivity index (χ3v) is 3.94. The van der Waals surface area contributed by atoms with E-state index in [0.29, 0.717) is 12.5 Å². The van der Waals surface area contributed by atoms with Gasteiger partial charge in [0.15, 0.2) is 5.96 Å². The lowest BCUT2D eigenvalue weighted by Crippen LogP contribution is -2.38. The number of nitrogens with one attached hydrogen (secondary N) is 2. The number of rotatable bonds is 6. The molecule has 5 nitrogen and oxygen atoms in total. The second-order valence-corrected chi connectivity index (χ2v) is 6.67. The Hall–Kier alpha value is -1.28. The summed E-state index contributed by atoms with van der Waals surface area (Å²) >= 11 is 6.06. The summed E-state index contributed by atoms with van der Waals surface area (Å²) in [5.74, 6) is 2.32. The minimum Gasteiger partial charge on any atom is -0.350 e. The molecule has 25 heavy (non-hydrogen) atoms. The predicted molar refractivity (Wildman–Crippen MR) is 116 cm³/mol. The Labute approximate surface area is 172 Å². The van der Waals surface area contributed by atoms with Gasteiger partial charge in [0.2, 0.25) is 0 Å². The van der Waals surface area contributed by atoms with Crippen LogP contribution in [0.15, 0.2) is 41.7 Å². The molecule has 138 valence electrons. The largest absolute Gasteiger partial charge is 0.350 e. The molecule has 1 unspecified atom stereocenters. The lowest BCUT2D eigenvalue weighted by atomic mass is 10.1. The molecule has 7 heteroatoms. The molecule has 0 radical (unpaired) electrons.